The normalized spacial score (nSPS) is 22.2. The van der Waals surface area contributed by atoms with Crippen LogP contribution in [0.1, 0.15) is 52.0 Å². The highest BCUT2D eigenvalue weighted by Gasteiger charge is 2.49. The molecule has 0 bridgehead atoms. The molecule has 2 atom stereocenters. The Hall–Kier alpha value is -0.820. The topological polar surface area (TPSA) is 12.0 Å². The molecule has 0 heterocycles. The maximum absolute atomic E-state index is 3.77. The second-order valence-corrected chi connectivity index (χ2v) is 6.74. The molecule has 0 aromatic heterocycles. The van der Waals surface area contributed by atoms with E-state index in [1.807, 2.05) is 0 Å². The van der Waals surface area contributed by atoms with E-state index in [9.17, 15) is 0 Å². The van der Waals surface area contributed by atoms with Gasteiger partial charge in [-0.2, -0.15) is 0 Å². The van der Waals surface area contributed by atoms with Crippen LogP contribution in [0.5, 0.6) is 0 Å². The van der Waals surface area contributed by atoms with E-state index in [1.165, 1.54) is 44.2 Å². The van der Waals surface area contributed by atoms with Crippen LogP contribution in [0.3, 0.4) is 0 Å². The van der Waals surface area contributed by atoms with E-state index in [1.54, 1.807) is 0 Å². The molecule has 1 aliphatic carbocycles. The maximum atomic E-state index is 3.77. The summed E-state index contributed by atoms with van der Waals surface area (Å²) in [5.74, 6) is 0.898. The van der Waals surface area contributed by atoms with Crippen molar-refractivity contribution < 1.29 is 0 Å². The molecule has 1 aromatic rings. The van der Waals surface area contributed by atoms with Crippen molar-refractivity contribution in [3.63, 3.8) is 0 Å². The number of nitrogens with one attached hydrogen (secondary N) is 1. The molecule has 0 aliphatic heterocycles. The summed E-state index contributed by atoms with van der Waals surface area (Å²) in [4.78, 5) is 0. The fraction of sp³-hybridized carbons (Fsp3) is 0.667. The van der Waals surface area contributed by atoms with Gasteiger partial charge < -0.3 is 5.32 Å². The lowest BCUT2D eigenvalue weighted by Crippen LogP contribution is -2.33. The van der Waals surface area contributed by atoms with Gasteiger partial charge in [0.25, 0.3) is 0 Å². The predicted octanol–water partition coefficient (Wildman–Crippen LogP) is 4.42. The highest BCUT2D eigenvalue weighted by atomic mass is 14.9. The van der Waals surface area contributed by atoms with Crippen LogP contribution < -0.4 is 5.32 Å². The lowest BCUT2D eigenvalue weighted by Gasteiger charge is -2.20. The largest absolute Gasteiger partial charge is 0.314 e. The van der Waals surface area contributed by atoms with Crippen molar-refractivity contribution in [2.75, 3.05) is 6.54 Å². The summed E-state index contributed by atoms with van der Waals surface area (Å²) in [6.45, 7) is 8.25. The van der Waals surface area contributed by atoms with Gasteiger partial charge in [-0.1, -0.05) is 51.1 Å². The van der Waals surface area contributed by atoms with E-state index in [0.29, 0.717) is 5.41 Å². The molecule has 1 aromatic carbocycles. The molecule has 1 saturated carbocycles. The molecule has 0 spiro atoms. The first-order valence-corrected chi connectivity index (χ1v) is 7.91. The van der Waals surface area contributed by atoms with E-state index in [0.717, 1.165) is 12.0 Å². The lowest BCUT2D eigenvalue weighted by atomic mass is 9.97. The van der Waals surface area contributed by atoms with Crippen LogP contribution in [0.25, 0.3) is 0 Å². The standard InChI is InChI=1S/C18H29N/c1-4-13-19-17(16-14-18(16,2)3)12-8-11-15-9-6-5-7-10-15/h5-7,9-10,16-17,19H,4,8,11-14H2,1-3H3. The molecule has 0 saturated heterocycles. The fourth-order valence-electron chi connectivity index (χ4n) is 3.14. The van der Waals surface area contributed by atoms with Gasteiger partial charge in [0.05, 0.1) is 0 Å². The Labute approximate surface area is 118 Å². The van der Waals surface area contributed by atoms with Crippen molar-refractivity contribution in [3.05, 3.63) is 35.9 Å². The average molecular weight is 259 g/mol. The summed E-state index contributed by atoms with van der Waals surface area (Å²) in [5.41, 5.74) is 2.06. The second kappa shape index (κ2) is 6.56. The van der Waals surface area contributed by atoms with Crippen molar-refractivity contribution in [2.45, 2.75) is 58.9 Å². The third-order valence-electron chi connectivity index (χ3n) is 4.56. The molecule has 1 heteroatoms. The number of aryl methyl sites for hydroxylation is 1. The summed E-state index contributed by atoms with van der Waals surface area (Å²) in [7, 11) is 0. The quantitative estimate of drug-likeness (QED) is 0.728. The van der Waals surface area contributed by atoms with Crippen molar-refractivity contribution >= 4 is 0 Å². The average Bonchev–Trinajstić information content (AvgIpc) is 3.04. The van der Waals surface area contributed by atoms with Crippen molar-refractivity contribution in [1.82, 2.24) is 5.32 Å². The van der Waals surface area contributed by atoms with Gasteiger partial charge in [0.1, 0.15) is 0 Å². The van der Waals surface area contributed by atoms with Gasteiger partial charge in [0.2, 0.25) is 0 Å². The second-order valence-electron chi connectivity index (χ2n) is 6.74. The van der Waals surface area contributed by atoms with Crippen LogP contribution in [-0.2, 0) is 6.42 Å². The monoisotopic (exact) mass is 259 g/mol. The minimum atomic E-state index is 0.582. The summed E-state index contributed by atoms with van der Waals surface area (Å²) in [6, 6.07) is 11.6. The first-order valence-electron chi connectivity index (χ1n) is 7.91. The van der Waals surface area contributed by atoms with Crippen LogP contribution in [0.2, 0.25) is 0 Å². The molecule has 0 amide bonds. The summed E-state index contributed by atoms with van der Waals surface area (Å²) < 4.78 is 0. The molecule has 1 fully saturated rings. The number of hydrogen-bond donors (Lipinski definition) is 1. The van der Waals surface area contributed by atoms with Gasteiger partial charge >= 0.3 is 0 Å². The Bertz CT molecular complexity index is 369. The van der Waals surface area contributed by atoms with Crippen molar-refractivity contribution in [1.29, 1.82) is 0 Å². The molecule has 1 N–H and O–H groups in total. The van der Waals surface area contributed by atoms with Crippen LogP contribution >= 0.6 is 0 Å². The number of benzene rings is 1. The van der Waals surface area contributed by atoms with Gasteiger partial charge in [0.15, 0.2) is 0 Å². The molecule has 0 radical (unpaired) electrons. The van der Waals surface area contributed by atoms with Crippen LogP contribution in [0.4, 0.5) is 0 Å². The van der Waals surface area contributed by atoms with E-state index in [-0.39, 0.29) is 0 Å². The zero-order valence-electron chi connectivity index (χ0n) is 12.8. The summed E-state index contributed by atoms with van der Waals surface area (Å²) in [6.07, 6.45) is 6.49. The Morgan fingerprint density at radius 2 is 1.95 bits per heavy atom. The van der Waals surface area contributed by atoms with Crippen LogP contribution in [0, 0.1) is 11.3 Å². The third kappa shape index (κ3) is 4.35. The zero-order valence-corrected chi connectivity index (χ0v) is 12.8. The van der Waals surface area contributed by atoms with Gasteiger partial charge in [-0.05, 0) is 55.5 Å². The summed E-state index contributed by atoms with van der Waals surface area (Å²) >= 11 is 0. The van der Waals surface area contributed by atoms with E-state index >= 15 is 0 Å². The first kappa shape index (κ1) is 14.6. The molecule has 1 nitrogen and oxygen atoms in total. The van der Waals surface area contributed by atoms with E-state index < -0.39 is 0 Å². The molecular formula is C18H29N. The molecule has 106 valence electrons. The summed E-state index contributed by atoms with van der Waals surface area (Å²) in [5, 5.41) is 3.77. The van der Waals surface area contributed by atoms with E-state index in [2.05, 4.69) is 56.4 Å². The highest BCUT2D eigenvalue weighted by molar-refractivity contribution is 5.14. The van der Waals surface area contributed by atoms with Crippen LogP contribution in [-0.4, -0.2) is 12.6 Å². The number of rotatable bonds is 8. The van der Waals surface area contributed by atoms with Gasteiger partial charge in [-0.25, -0.2) is 0 Å². The van der Waals surface area contributed by atoms with Crippen molar-refractivity contribution in [2.24, 2.45) is 11.3 Å². The number of hydrogen-bond acceptors (Lipinski definition) is 1. The molecule has 1 aliphatic rings. The Kier molecular flexibility index (Phi) is 5.04. The highest BCUT2D eigenvalue weighted by Crippen LogP contribution is 2.54. The molecule has 19 heavy (non-hydrogen) atoms. The fourth-order valence-corrected chi connectivity index (χ4v) is 3.14. The van der Waals surface area contributed by atoms with Gasteiger partial charge in [0, 0.05) is 6.04 Å². The van der Waals surface area contributed by atoms with Crippen molar-refractivity contribution in [3.8, 4) is 0 Å². The minimum Gasteiger partial charge on any atom is -0.314 e. The predicted molar refractivity (Wildman–Crippen MR) is 83.3 cm³/mol. The molecule has 2 rings (SSSR count). The van der Waals surface area contributed by atoms with Crippen LogP contribution in [0.15, 0.2) is 30.3 Å². The molecular weight excluding hydrogens is 230 g/mol. The van der Waals surface area contributed by atoms with Gasteiger partial charge in [-0.15, -0.1) is 0 Å². The maximum Gasteiger partial charge on any atom is 0.0101 e. The Morgan fingerprint density at radius 3 is 2.53 bits per heavy atom. The zero-order chi connectivity index (χ0) is 13.7. The SMILES string of the molecule is CCCNC(CCCc1ccccc1)C1CC1(C)C. The Morgan fingerprint density at radius 1 is 1.26 bits per heavy atom. The molecule has 2 unspecified atom stereocenters. The smallest absolute Gasteiger partial charge is 0.0101 e. The third-order valence-corrected chi connectivity index (χ3v) is 4.56. The van der Waals surface area contributed by atoms with Gasteiger partial charge in [-0.3, -0.25) is 0 Å². The lowest BCUT2D eigenvalue weighted by molar-refractivity contribution is 0.378. The van der Waals surface area contributed by atoms with E-state index in [4.69, 9.17) is 0 Å². The minimum absolute atomic E-state index is 0.582. The Balaban J connectivity index is 1.77. The first-order chi connectivity index (χ1) is 9.13.